The quantitative estimate of drug-likeness (QED) is 0.479. The summed E-state index contributed by atoms with van der Waals surface area (Å²) in [6.45, 7) is 11.6. The fourth-order valence-corrected chi connectivity index (χ4v) is 6.95. The number of pyridine rings is 1. The van der Waals surface area contributed by atoms with Crippen LogP contribution >= 0.6 is 0 Å². The molecule has 1 aliphatic carbocycles. The summed E-state index contributed by atoms with van der Waals surface area (Å²) in [6, 6.07) is 20.4. The molecule has 3 aliphatic rings. The van der Waals surface area contributed by atoms with E-state index in [1.54, 1.807) is 24.3 Å². The van der Waals surface area contributed by atoms with Crippen molar-refractivity contribution in [1.82, 2.24) is 14.8 Å². The van der Waals surface area contributed by atoms with Gasteiger partial charge in [-0.2, -0.15) is 5.26 Å². The molecule has 9 nitrogen and oxygen atoms in total. The van der Waals surface area contributed by atoms with Gasteiger partial charge in [-0.25, -0.2) is 0 Å². The van der Waals surface area contributed by atoms with Gasteiger partial charge in [0.05, 0.1) is 24.8 Å². The average molecular weight is 538 g/mol. The molecule has 3 heterocycles. The summed E-state index contributed by atoms with van der Waals surface area (Å²) < 4.78 is 12.5. The van der Waals surface area contributed by atoms with Crippen molar-refractivity contribution in [3.8, 4) is 17.7 Å². The minimum Gasteiger partial charge on any atom is -0.479 e. The van der Waals surface area contributed by atoms with Gasteiger partial charge in [0.2, 0.25) is 0 Å². The smallest absolute Gasteiger partial charge is 0.319 e. The summed E-state index contributed by atoms with van der Waals surface area (Å²) in [6.07, 6.45) is -1.26. The lowest BCUT2D eigenvalue weighted by Gasteiger charge is -2.41. The van der Waals surface area contributed by atoms with Gasteiger partial charge in [-0.05, 0) is 30.3 Å². The first-order chi connectivity index (χ1) is 19.4. The fourth-order valence-electron chi connectivity index (χ4n) is 6.95. The van der Waals surface area contributed by atoms with Crippen molar-refractivity contribution in [1.29, 1.82) is 5.26 Å². The molecule has 2 N–H and O–H groups in total. The number of methoxy groups -OCH3 is 1. The topological polar surface area (TPSA) is 106 Å². The first kappa shape index (κ1) is 26.2. The van der Waals surface area contributed by atoms with Gasteiger partial charge in [-0.1, -0.05) is 54.0 Å². The maximum absolute atomic E-state index is 13.0. The van der Waals surface area contributed by atoms with Crippen molar-refractivity contribution in [3.63, 3.8) is 0 Å². The minimum absolute atomic E-state index is 0.0487. The van der Waals surface area contributed by atoms with E-state index in [-0.39, 0.29) is 23.0 Å². The molecule has 3 aromatic rings. The highest BCUT2D eigenvalue weighted by Gasteiger charge is 2.77. The molecule has 204 valence electrons. The van der Waals surface area contributed by atoms with Crippen LogP contribution in [0.5, 0.6) is 11.6 Å². The molecule has 6 rings (SSSR count). The standard InChI is InChI=1S/C31H31N5O4/c1-33-25-17-24-27(29(34-25)39-3)30(38)28(37)23(19-36-15-13-35(2)14-16-36)26(21-7-5-4-6-8-21)31(30,40-24)22-11-9-20(18-32)10-12-22/h4-12,17,23,26,28,37-38H,13-16,19H2,2-3H3/t23-,26-,28-,30+,31+/m1/s1. The van der Waals surface area contributed by atoms with E-state index in [9.17, 15) is 15.5 Å². The number of aliphatic hydroxyl groups is 2. The summed E-state index contributed by atoms with van der Waals surface area (Å²) >= 11 is 0. The molecule has 2 aromatic carbocycles. The second-order valence-electron chi connectivity index (χ2n) is 10.9. The van der Waals surface area contributed by atoms with Gasteiger partial charge in [0.25, 0.3) is 5.82 Å². The van der Waals surface area contributed by atoms with Gasteiger partial charge in [0, 0.05) is 50.6 Å². The maximum atomic E-state index is 13.0. The Morgan fingerprint density at radius 2 is 1.85 bits per heavy atom. The second kappa shape index (κ2) is 9.88. The molecule has 5 atom stereocenters. The lowest BCUT2D eigenvalue weighted by Crippen LogP contribution is -2.52. The van der Waals surface area contributed by atoms with Crippen LogP contribution in [0, 0.1) is 23.8 Å². The van der Waals surface area contributed by atoms with Gasteiger partial charge in [-0.3, -0.25) is 0 Å². The number of rotatable bonds is 5. The number of hydrogen-bond acceptors (Lipinski definition) is 8. The van der Waals surface area contributed by atoms with Gasteiger partial charge >= 0.3 is 5.88 Å². The van der Waals surface area contributed by atoms with Crippen molar-refractivity contribution >= 4 is 5.82 Å². The number of nitrogens with zero attached hydrogens (tertiary/aromatic N) is 5. The molecule has 0 unspecified atom stereocenters. The molecule has 40 heavy (non-hydrogen) atoms. The third kappa shape index (κ3) is 3.71. The molecule has 2 aliphatic heterocycles. The van der Waals surface area contributed by atoms with E-state index >= 15 is 0 Å². The maximum Gasteiger partial charge on any atom is 0.319 e. The van der Waals surface area contributed by atoms with Crippen molar-refractivity contribution in [2.75, 3.05) is 46.9 Å². The second-order valence-corrected chi connectivity index (χ2v) is 10.9. The van der Waals surface area contributed by atoms with Crippen molar-refractivity contribution in [2.45, 2.75) is 23.2 Å². The van der Waals surface area contributed by atoms with E-state index in [0.717, 1.165) is 31.7 Å². The fraction of sp³-hybridized carbons (Fsp3) is 0.387. The van der Waals surface area contributed by atoms with Crippen LogP contribution in [0.2, 0.25) is 0 Å². The number of hydrogen-bond donors (Lipinski definition) is 2. The molecule has 0 spiro atoms. The number of fused-ring (bicyclic) bond motifs is 3. The number of nitriles is 1. The third-order valence-electron chi connectivity index (χ3n) is 8.83. The highest BCUT2D eigenvalue weighted by molar-refractivity contribution is 5.62. The van der Waals surface area contributed by atoms with Crippen LogP contribution in [-0.2, 0) is 11.2 Å². The van der Waals surface area contributed by atoms with Crippen LogP contribution in [0.4, 0.5) is 5.82 Å². The molecule has 1 saturated heterocycles. The van der Waals surface area contributed by atoms with Crippen molar-refractivity contribution in [2.24, 2.45) is 5.92 Å². The Morgan fingerprint density at radius 3 is 2.48 bits per heavy atom. The highest BCUT2D eigenvalue weighted by Crippen LogP contribution is 2.70. The molecular weight excluding hydrogens is 506 g/mol. The summed E-state index contributed by atoms with van der Waals surface area (Å²) in [5.41, 5.74) is -1.22. The Kier molecular flexibility index (Phi) is 6.48. The zero-order valence-corrected chi connectivity index (χ0v) is 22.5. The summed E-state index contributed by atoms with van der Waals surface area (Å²) in [4.78, 5) is 12.4. The molecule has 0 radical (unpaired) electrons. The van der Waals surface area contributed by atoms with Crippen LogP contribution < -0.4 is 9.47 Å². The Labute approximate surface area is 233 Å². The van der Waals surface area contributed by atoms with E-state index in [1.165, 1.54) is 13.2 Å². The number of aliphatic hydroxyl groups excluding tert-OH is 1. The largest absolute Gasteiger partial charge is 0.479 e. The minimum atomic E-state index is -1.97. The lowest BCUT2D eigenvalue weighted by atomic mass is 9.70. The first-order valence-corrected chi connectivity index (χ1v) is 13.4. The Bertz CT molecular complexity index is 1490. The van der Waals surface area contributed by atoms with Crippen LogP contribution in [0.1, 0.15) is 28.2 Å². The predicted molar refractivity (Wildman–Crippen MR) is 147 cm³/mol. The molecule has 0 bridgehead atoms. The highest BCUT2D eigenvalue weighted by atomic mass is 16.5. The molecule has 1 saturated carbocycles. The molecular formula is C31H31N5O4. The number of piperazine rings is 1. The summed E-state index contributed by atoms with van der Waals surface area (Å²) in [5, 5.41) is 34.7. The van der Waals surface area contributed by atoms with E-state index in [1.807, 2.05) is 30.3 Å². The Hall–Kier alpha value is -3.99. The molecule has 1 aromatic heterocycles. The van der Waals surface area contributed by atoms with Crippen LogP contribution in [0.15, 0.2) is 60.7 Å². The lowest BCUT2D eigenvalue weighted by molar-refractivity contribution is -0.152. The van der Waals surface area contributed by atoms with E-state index in [0.29, 0.717) is 17.7 Å². The summed E-state index contributed by atoms with van der Waals surface area (Å²) in [7, 11) is 3.53. The molecule has 2 fully saturated rings. The Balaban J connectivity index is 1.61. The van der Waals surface area contributed by atoms with Gasteiger partial charge < -0.3 is 34.3 Å². The third-order valence-corrected chi connectivity index (χ3v) is 8.83. The van der Waals surface area contributed by atoms with Crippen molar-refractivity contribution < 1.29 is 19.7 Å². The molecule has 9 heteroatoms. The predicted octanol–water partition coefficient (Wildman–Crippen LogP) is 3.01. The SMILES string of the molecule is [C-]#[N+]c1cc2c(c(OC)n1)[C@]1(O)[C@H](O)[C@H](CN3CCN(C)CC3)[C@@H](c3ccccc3)[C@]1(c1ccc(C#N)cc1)O2. The first-order valence-electron chi connectivity index (χ1n) is 13.4. The van der Waals surface area contributed by atoms with Crippen LogP contribution in [0.25, 0.3) is 4.85 Å². The van der Waals surface area contributed by atoms with Gasteiger partial charge in [0.15, 0.2) is 11.2 Å². The number of ether oxygens (including phenoxy) is 2. The van der Waals surface area contributed by atoms with E-state index in [2.05, 4.69) is 32.7 Å². The van der Waals surface area contributed by atoms with Crippen LogP contribution in [-0.4, -0.2) is 78.0 Å². The average Bonchev–Trinajstić information content (AvgIpc) is 3.36. The monoisotopic (exact) mass is 537 g/mol. The summed E-state index contributed by atoms with van der Waals surface area (Å²) in [5.74, 6) is -0.552. The number of likely N-dealkylation sites (N-methyl/N-ethyl adjacent to an activating group) is 1. The number of aromatic nitrogens is 1. The normalized spacial score (nSPS) is 29.6. The van der Waals surface area contributed by atoms with Gasteiger partial charge in [-0.15, -0.1) is 0 Å². The Morgan fingerprint density at radius 1 is 1.15 bits per heavy atom. The van der Waals surface area contributed by atoms with Crippen LogP contribution in [0.3, 0.4) is 0 Å². The van der Waals surface area contributed by atoms with E-state index < -0.39 is 29.1 Å². The number of benzene rings is 2. The van der Waals surface area contributed by atoms with E-state index in [4.69, 9.17) is 16.0 Å². The zero-order valence-electron chi connectivity index (χ0n) is 22.5. The molecule has 0 amide bonds. The van der Waals surface area contributed by atoms with Crippen molar-refractivity contribution in [3.05, 3.63) is 94.3 Å². The van der Waals surface area contributed by atoms with Gasteiger partial charge in [0.1, 0.15) is 11.3 Å². The zero-order chi connectivity index (χ0) is 28.1.